The van der Waals surface area contributed by atoms with Gasteiger partial charge in [-0.2, -0.15) is 0 Å². The molecule has 0 aliphatic heterocycles. The number of hydrogen-bond acceptors (Lipinski definition) is 2. The normalized spacial score (nSPS) is 10.8. The minimum Gasteiger partial charge on any atom is -0.383 e. The van der Waals surface area contributed by atoms with Crippen LogP contribution in [0.4, 0.5) is 5.69 Å². The fraction of sp³-hybridized carbons (Fsp3) is 0.176. The Morgan fingerprint density at radius 2 is 1.90 bits per heavy atom. The number of ether oxygens (including phenoxy) is 1. The predicted molar refractivity (Wildman–Crippen MR) is 88.9 cm³/mol. The minimum absolute atomic E-state index is 0.634. The second kappa shape index (κ2) is 8.56. The molecular weight excluding hydrogens is 314 g/mol. The summed E-state index contributed by atoms with van der Waals surface area (Å²) >= 11 is 3.45. The molecule has 2 aromatic carbocycles. The van der Waals surface area contributed by atoms with Gasteiger partial charge >= 0.3 is 0 Å². The molecule has 104 valence electrons. The summed E-state index contributed by atoms with van der Waals surface area (Å²) in [6.07, 6.45) is 4.11. The second-order valence-electron chi connectivity index (χ2n) is 4.33. The summed E-state index contributed by atoms with van der Waals surface area (Å²) in [5.41, 5.74) is 2.30. The summed E-state index contributed by atoms with van der Waals surface area (Å²) in [6.45, 7) is 2.12. The molecule has 0 amide bonds. The zero-order chi connectivity index (χ0) is 14.0. The largest absolute Gasteiger partial charge is 0.383 e. The van der Waals surface area contributed by atoms with Crippen LogP contribution in [0.1, 0.15) is 5.56 Å². The molecule has 0 aliphatic carbocycles. The van der Waals surface area contributed by atoms with E-state index in [0.29, 0.717) is 13.2 Å². The molecule has 0 unspecified atom stereocenters. The van der Waals surface area contributed by atoms with Crippen molar-refractivity contribution < 1.29 is 4.74 Å². The van der Waals surface area contributed by atoms with Gasteiger partial charge in [-0.3, -0.25) is 0 Å². The number of halogens is 1. The van der Waals surface area contributed by atoms with Gasteiger partial charge in [0.2, 0.25) is 0 Å². The van der Waals surface area contributed by atoms with Crippen LogP contribution in [0.3, 0.4) is 0 Å². The van der Waals surface area contributed by atoms with Crippen LogP contribution >= 0.6 is 15.9 Å². The molecule has 0 atom stereocenters. The van der Waals surface area contributed by atoms with Crippen LogP contribution in [0.25, 0.3) is 6.08 Å². The lowest BCUT2D eigenvalue weighted by Crippen LogP contribution is -2.09. The summed E-state index contributed by atoms with van der Waals surface area (Å²) < 4.78 is 6.62. The van der Waals surface area contributed by atoms with Crippen LogP contribution in [0.5, 0.6) is 0 Å². The van der Waals surface area contributed by atoms with Crippen LogP contribution in [0, 0.1) is 0 Å². The molecule has 0 aromatic heterocycles. The Morgan fingerprint density at radius 3 is 2.70 bits per heavy atom. The van der Waals surface area contributed by atoms with E-state index in [0.717, 1.165) is 16.7 Å². The quantitative estimate of drug-likeness (QED) is 0.749. The first-order valence-electron chi connectivity index (χ1n) is 6.63. The van der Waals surface area contributed by atoms with Gasteiger partial charge in [0.25, 0.3) is 0 Å². The van der Waals surface area contributed by atoms with E-state index in [2.05, 4.69) is 45.5 Å². The SMILES string of the molecule is Brc1cccc(NCCOCC=Cc2ccccc2)c1. The number of hydrogen-bond donors (Lipinski definition) is 1. The molecule has 2 rings (SSSR count). The van der Waals surface area contributed by atoms with Crippen LogP contribution in [-0.2, 0) is 4.74 Å². The Balaban J connectivity index is 1.59. The predicted octanol–water partition coefficient (Wildman–Crippen LogP) is 4.59. The highest BCUT2D eigenvalue weighted by molar-refractivity contribution is 9.10. The third kappa shape index (κ3) is 5.59. The molecular formula is C17H18BrNO. The number of rotatable bonds is 7. The third-order valence-corrected chi connectivity index (χ3v) is 3.22. The van der Waals surface area contributed by atoms with Gasteiger partial charge in [0.1, 0.15) is 0 Å². The summed E-state index contributed by atoms with van der Waals surface area (Å²) in [6, 6.07) is 18.3. The van der Waals surface area contributed by atoms with Crippen LogP contribution in [0.15, 0.2) is 65.1 Å². The molecule has 0 radical (unpaired) electrons. The maximum atomic E-state index is 5.55. The van der Waals surface area contributed by atoms with E-state index in [9.17, 15) is 0 Å². The molecule has 2 aromatic rings. The molecule has 1 N–H and O–H groups in total. The number of benzene rings is 2. The van der Waals surface area contributed by atoms with E-state index in [1.165, 1.54) is 5.56 Å². The fourth-order valence-electron chi connectivity index (χ4n) is 1.77. The first kappa shape index (κ1) is 14.8. The van der Waals surface area contributed by atoms with E-state index in [1.54, 1.807) is 0 Å². The first-order valence-corrected chi connectivity index (χ1v) is 7.43. The zero-order valence-corrected chi connectivity index (χ0v) is 12.8. The van der Waals surface area contributed by atoms with Gasteiger partial charge < -0.3 is 10.1 Å². The van der Waals surface area contributed by atoms with Gasteiger partial charge in [-0.15, -0.1) is 0 Å². The van der Waals surface area contributed by atoms with Gasteiger partial charge in [-0.25, -0.2) is 0 Å². The van der Waals surface area contributed by atoms with Crippen molar-refractivity contribution in [1.29, 1.82) is 0 Å². The maximum Gasteiger partial charge on any atom is 0.0651 e. The van der Waals surface area contributed by atoms with Crippen molar-refractivity contribution in [3.05, 3.63) is 70.7 Å². The average Bonchev–Trinajstić information content (AvgIpc) is 2.47. The third-order valence-electron chi connectivity index (χ3n) is 2.72. The van der Waals surface area contributed by atoms with Gasteiger partial charge in [-0.05, 0) is 23.8 Å². The Labute approximate surface area is 128 Å². The lowest BCUT2D eigenvalue weighted by atomic mass is 10.2. The summed E-state index contributed by atoms with van der Waals surface area (Å²) in [4.78, 5) is 0. The van der Waals surface area contributed by atoms with Crippen molar-refractivity contribution in [1.82, 2.24) is 0 Å². The van der Waals surface area contributed by atoms with Crippen LogP contribution < -0.4 is 5.32 Å². The molecule has 0 spiro atoms. The molecule has 2 nitrogen and oxygen atoms in total. The highest BCUT2D eigenvalue weighted by atomic mass is 79.9. The van der Waals surface area contributed by atoms with Crippen LogP contribution in [-0.4, -0.2) is 19.8 Å². The van der Waals surface area contributed by atoms with Crippen LogP contribution in [0.2, 0.25) is 0 Å². The van der Waals surface area contributed by atoms with E-state index in [4.69, 9.17) is 4.74 Å². The molecule has 0 aliphatic rings. The molecule has 3 heteroatoms. The Hall–Kier alpha value is -1.58. The van der Waals surface area contributed by atoms with Crippen molar-refractivity contribution in [2.45, 2.75) is 0 Å². The highest BCUT2D eigenvalue weighted by Crippen LogP contribution is 2.15. The Kier molecular flexibility index (Phi) is 6.35. The Morgan fingerprint density at radius 1 is 1.05 bits per heavy atom. The molecule has 0 saturated carbocycles. The van der Waals surface area contributed by atoms with Crippen molar-refractivity contribution in [3.8, 4) is 0 Å². The molecule has 20 heavy (non-hydrogen) atoms. The van der Waals surface area contributed by atoms with Gasteiger partial charge in [0, 0.05) is 16.7 Å². The molecule has 0 saturated heterocycles. The summed E-state index contributed by atoms with van der Waals surface area (Å²) in [7, 11) is 0. The van der Waals surface area contributed by atoms with Crippen molar-refractivity contribution in [3.63, 3.8) is 0 Å². The van der Waals surface area contributed by atoms with Crippen molar-refractivity contribution in [2.24, 2.45) is 0 Å². The lowest BCUT2D eigenvalue weighted by molar-refractivity contribution is 0.174. The van der Waals surface area contributed by atoms with Crippen molar-refractivity contribution >= 4 is 27.7 Å². The minimum atomic E-state index is 0.634. The van der Waals surface area contributed by atoms with E-state index in [-0.39, 0.29) is 0 Å². The summed E-state index contributed by atoms with van der Waals surface area (Å²) in [5.74, 6) is 0. The van der Waals surface area contributed by atoms with E-state index in [1.807, 2.05) is 42.5 Å². The highest BCUT2D eigenvalue weighted by Gasteiger charge is 1.92. The molecule has 0 fully saturated rings. The standard InChI is InChI=1S/C17H18BrNO/c18-16-9-4-10-17(14-16)19-11-13-20-12-5-8-15-6-2-1-3-7-15/h1-10,14,19H,11-13H2. The second-order valence-corrected chi connectivity index (χ2v) is 5.24. The lowest BCUT2D eigenvalue weighted by Gasteiger charge is -2.06. The van der Waals surface area contributed by atoms with E-state index >= 15 is 0 Å². The topological polar surface area (TPSA) is 21.3 Å². The van der Waals surface area contributed by atoms with E-state index < -0.39 is 0 Å². The Bertz CT molecular complexity index is 540. The monoisotopic (exact) mass is 331 g/mol. The maximum absolute atomic E-state index is 5.55. The van der Waals surface area contributed by atoms with Gasteiger partial charge in [0.15, 0.2) is 0 Å². The summed E-state index contributed by atoms with van der Waals surface area (Å²) in [5, 5.41) is 3.31. The van der Waals surface area contributed by atoms with Gasteiger partial charge in [-0.1, -0.05) is 64.5 Å². The van der Waals surface area contributed by atoms with Crippen molar-refractivity contribution in [2.75, 3.05) is 25.1 Å². The average molecular weight is 332 g/mol. The smallest absolute Gasteiger partial charge is 0.0651 e. The first-order chi connectivity index (χ1) is 9.84. The number of anilines is 1. The molecule has 0 heterocycles. The number of nitrogens with one attached hydrogen (secondary N) is 1. The zero-order valence-electron chi connectivity index (χ0n) is 11.3. The van der Waals surface area contributed by atoms with Gasteiger partial charge in [0.05, 0.1) is 13.2 Å². The molecule has 0 bridgehead atoms. The fourth-order valence-corrected chi connectivity index (χ4v) is 2.16.